The Morgan fingerprint density at radius 1 is 1.23 bits per heavy atom. The van der Waals surface area contributed by atoms with Crippen molar-refractivity contribution >= 4 is 11.9 Å². The van der Waals surface area contributed by atoms with Crippen LogP contribution < -0.4 is 5.32 Å². The first-order valence-electron chi connectivity index (χ1n) is 5.54. The van der Waals surface area contributed by atoms with E-state index in [0.29, 0.717) is 0 Å². The van der Waals surface area contributed by atoms with E-state index in [0.717, 1.165) is 5.92 Å². The van der Waals surface area contributed by atoms with Gasteiger partial charge in [-0.1, -0.05) is 11.9 Å². The number of rotatable bonds is 2. The predicted molar refractivity (Wildman–Crippen MR) is 58.9 cm³/mol. The third kappa shape index (κ3) is 3.15. The van der Waals surface area contributed by atoms with Gasteiger partial charge in [0, 0.05) is 18.8 Å². The van der Waals surface area contributed by atoms with E-state index in [4.69, 9.17) is 0 Å². The summed E-state index contributed by atoms with van der Waals surface area (Å²) in [4.78, 5) is 0. The van der Waals surface area contributed by atoms with Crippen LogP contribution in [-0.2, 0) is 0 Å². The highest BCUT2D eigenvalue weighted by molar-refractivity contribution is 7.97. The first kappa shape index (κ1) is 9.81. The molecule has 0 aromatic heterocycles. The van der Waals surface area contributed by atoms with Gasteiger partial charge < -0.3 is 5.32 Å². The highest BCUT2D eigenvalue weighted by Crippen LogP contribution is 2.23. The molecule has 0 unspecified atom stereocenters. The molecule has 0 aliphatic carbocycles. The maximum absolute atomic E-state index is 3.43. The fourth-order valence-electron chi connectivity index (χ4n) is 2.14. The minimum Gasteiger partial charge on any atom is -0.317 e. The van der Waals surface area contributed by atoms with Crippen molar-refractivity contribution in [3.63, 3.8) is 0 Å². The molecule has 2 saturated heterocycles. The molecule has 76 valence electrons. The summed E-state index contributed by atoms with van der Waals surface area (Å²) in [6, 6.07) is 0. The molecule has 0 aromatic carbocycles. The van der Waals surface area contributed by atoms with Crippen molar-refractivity contribution in [2.45, 2.75) is 25.7 Å². The van der Waals surface area contributed by atoms with Crippen LogP contribution in [0.4, 0.5) is 0 Å². The minimum atomic E-state index is 0.965. The van der Waals surface area contributed by atoms with Gasteiger partial charge >= 0.3 is 0 Å². The Morgan fingerprint density at radius 3 is 2.77 bits per heavy atom. The van der Waals surface area contributed by atoms with Crippen LogP contribution in [0.3, 0.4) is 0 Å². The van der Waals surface area contributed by atoms with Crippen LogP contribution in [0.2, 0.25) is 0 Å². The fraction of sp³-hybridized carbons (Fsp3) is 1.00. The highest BCUT2D eigenvalue weighted by atomic mass is 32.2. The summed E-state index contributed by atoms with van der Waals surface area (Å²) < 4.78 is 2.60. The Balaban J connectivity index is 1.69. The topological polar surface area (TPSA) is 15.3 Å². The monoisotopic (exact) mass is 200 g/mol. The average molecular weight is 200 g/mol. The second kappa shape index (κ2) is 5.23. The number of nitrogens with one attached hydrogen (secondary N) is 1. The Morgan fingerprint density at radius 2 is 2.08 bits per heavy atom. The second-order valence-electron chi connectivity index (χ2n) is 4.12. The maximum Gasteiger partial charge on any atom is 0.0119 e. The Kier molecular flexibility index (Phi) is 3.94. The van der Waals surface area contributed by atoms with E-state index in [2.05, 4.69) is 21.6 Å². The van der Waals surface area contributed by atoms with Crippen LogP contribution in [0.25, 0.3) is 0 Å². The Bertz CT molecular complexity index is 124. The third-order valence-corrected chi connectivity index (χ3v) is 4.16. The van der Waals surface area contributed by atoms with Crippen LogP contribution in [0, 0.1) is 5.92 Å². The Hall–Kier alpha value is 0.270. The van der Waals surface area contributed by atoms with Gasteiger partial charge in [0.25, 0.3) is 0 Å². The summed E-state index contributed by atoms with van der Waals surface area (Å²) in [7, 11) is 0. The highest BCUT2D eigenvalue weighted by Gasteiger charge is 2.18. The summed E-state index contributed by atoms with van der Waals surface area (Å²) in [6.45, 7) is 5.15. The molecule has 2 aliphatic rings. The molecule has 0 amide bonds. The first-order chi connectivity index (χ1) is 6.45. The molecule has 0 radical (unpaired) electrons. The fourth-order valence-corrected chi connectivity index (χ4v) is 3.31. The zero-order chi connectivity index (χ0) is 8.93. The van der Waals surface area contributed by atoms with E-state index in [1.54, 1.807) is 0 Å². The molecular formula is C10H20N2S. The quantitative estimate of drug-likeness (QED) is 0.683. The van der Waals surface area contributed by atoms with Crippen LogP contribution in [0.15, 0.2) is 0 Å². The van der Waals surface area contributed by atoms with E-state index in [9.17, 15) is 0 Å². The van der Waals surface area contributed by atoms with Gasteiger partial charge in [-0.2, -0.15) is 0 Å². The largest absolute Gasteiger partial charge is 0.317 e. The molecule has 0 bridgehead atoms. The first-order valence-corrected chi connectivity index (χ1v) is 6.48. The molecule has 2 heterocycles. The molecule has 2 nitrogen and oxygen atoms in total. The molecule has 0 spiro atoms. The molecule has 3 heteroatoms. The van der Waals surface area contributed by atoms with Gasteiger partial charge in [-0.05, 0) is 44.7 Å². The van der Waals surface area contributed by atoms with Gasteiger partial charge in [-0.25, -0.2) is 0 Å². The standard InChI is InChI=1S/C10H20N2S/c1-2-8-13-12(7-1)9-10-3-5-11-6-4-10/h10-11H,1-9H2. The summed E-state index contributed by atoms with van der Waals surface area (Å²) >= 11 is 2.07. The van der Waals surface area contributed by atoms with Crippen molar-refractivity contribution in [1.82, 2.24) is 9.62 Å². The molecule has 2 rings (SSSR count). The molecule has 2 aliphatic heterocycles. The summed E-state index contributed by atoms with van der Waals surface area (Å²) in [5.74, 6) is 2.32. The van der Waals surface area contributed by atoms with Crippen LogP contribution in [-0.4, -0.2) is 36.2 Å². The lowest BCUT2D eigenvalue weighted by molar-refractivity contribution is 0.296. The number of hydrogen-bond acceptors (Lipinski definition) is 3. The van der Waals surface area contributed by atoms with E-state index < -0.39 is 0 Å². The van der Waals surface area contributed by atoms with Gasteiger partial charge in [0.15, 0.2) is 0 Å². The lowest BCUT2D eigenvalue weighted by atomic mass is 9.98. The molecule has 0 saturated carbocycles. The number of piperidine rings is 1. The molecule has 2 fully saturated rings. The maximum atomic E-state index is 3.43. The van der Waals surface area contributed by atoms with Gasteiger partial charge in [-0.3, -0.25) is 4.31 Å². The van der Waals surface area contributed by atoms with Gasteiger partial charge in [-0.15, -0.1) is 0 Å². The van der Waals surface area contributed by atoms with E-state index >= 15 is 0 Å². The van der Waals surface area contributed by atoms with Crippen molar-refractivity contribution in [2.75, 3.05) is 31.9 Å². The van der Waals surface area contributed by atoms with Crippen molar-refractivity contribution in [3.05, 3.63) is 0 Å². The molecule has 1 N–H and O–H groups in total. The zero-order valence-corrected chi connectivity index (χ0v) is 9.11. The summed E-state index contributed by atoms with van der Waals surface area (Å²) in [5.41, 5.74) is 0. The van der Waals surface area contributed by atoms with Crippen LogP contribution in [0.1, 0.15) is 25.7 Å². The van der Waals surface area contributed by atoms with E-state index in [-0.39, 0.29) is 0 Å². The molecule has 13 heavy (non-hydrogen) atoms. The van der Waals surface area contributed by atoms with E-state index in [1.807, 2.05) is 0 Å². The normalized spacial score (nSPS) is 27.7. The number of hydrogen-bond donors (Lipinski definition) is 1. The van der Waals surface area contributed by atoms with Crippen LogP contribution >= 0.6 is 11.9 Å². The van der Waals surface area contributed by atoms with Gasteiger partial charge in [0.1, 0.15) is 0 Å². The summed E-state index contributed by atoms with van der Waals surface area (Å²) in [6.07, 6.45) is 5.61. The van der Waals surface area contributed by atoms with Gasteiger partial charge in [0.2, 0.25) is 0 Å². The average Bonchev–Trinajstić information content (AvgIpc) is 2.21. The van der Waals surface area contributed by atoms with Crippen LogP contribution in [0.5, 0.6) is 0 Å². The lowest BCUT2D eigenvalue weighted by Crippen LogP contribution is -2.35. The lowest BCUT2D eigenvalue weighted by Gasteiger charge is -2.31. The zero-order valence-electron chi connectivity index (χ0n) is 8.30. The van der Waals surface area contributed by atoms with Crippen molar-refractivity contribution in [2.24, 2.45) is 5.92 Å². The summed E-state index contributed by atoms with van der Waals surface area (Å²) in [5, 5.41) is 3.43. The molecular weight excluding hydrogens is 180 g/mol. The Labute approximate surface area is 85.6 Å². The molecule has 0 aromatic rings. The minimum absolute atomic E-state index is 0.965. The number of nitrogens with zero attached hydrogens (tertiary/aromatic N) is 1. The SMILES string of the molecule is C1CCN(CC2CCNCC2)SC1. The van der Waals surface area contributed by atoms with Gasteiger partial charge in [0.05, 0.1) is 0 Å². The third-order valence-electron chi connectivity index (χ3n) is 3.00. The van der Waals surface area contributed by atoms with Crippen molar-refractivity contribution in [3.8, 4) is 0 Å². The second-order valence-corrected chi connectivity index (χ2v) is 5.30. The van der Waals surface area contributed by atoms with E-state index in [1.165, 1.54) is 57.6 Å². The van der Waals surface area contributed by atoms with Crippen molar-refractivity contribution < 1.29 is 0 Å². The smallest absolute Gasteiger partial charge is 0.0119 e. The molecule has 0 atom stereocenters. The predicted octanol–water partition coefficient (Wildman–Crippen LogP) is 1.73. The van der Waals surface area contributed by atoms with Crippen molar-refractivity contribution in [1.29, 1.82) is 0 Å².